The highest BCUT2D eigenvalue weighted by atomic mass is 16.1. The van der Waals surface area contributed by atoms with Crippen molar-refractivity contribution in [2.24, 2.45) is 5.73 Å². The minimum Gasteiger partial charge on any atom is -0.364 e. The predicted molar refractivity (Wildman–Crippen MR) is 56.5 cm³/mol. The summed E-state index contributed by atoms with van der Waals surface area (Å²) in [4.78, 5) is 13.4. The summed E-state index contributed by atoms with van der Waals surface area (Å²) >= 11 is 0. The van der Waals surface area contributed by atoms with E-state index < -0.39 is 5.91 Å². The molecule has 1 aromatic rings. The molecule has 1 aromatic heterocycles. The molecule has 15 heavy (non-hydrogen) atoms. The maximum absolute atomic E-state index is 11.1. The fraction of sp³-hybridized carbons (Fsp3) is 0.600. The van der Waals surface area contributed by atoms with Gasteiger partial charge in [-0.2, -0.15) is 5.10 Å². The van der Waals surface area contributed by atoms with Crippen LogP contribution in [0.15, 0.2) is 12.3 Å². The number of rotatable bonds is 2. The van der Waals surface area contributed by atoms with Crippen LogP contribution in [0.4, 0.5) is 0 Å². The van der Waals surface area contributed by atoms with Gasteiger partial charge in [0.05, 0.1) is 6.04 Å². The van der Waals surface area contributed by atoms with Crippen molar-refractivity contribution in [2.45, 2.75) is 18.9 Å². The molecular formula is C10H16N4O. The zero-order valence-electron chi connectivity index (χ0n) is 8.89. The third-order valence-corrected chi connectivity index (χ3v) is 2.96. The lowest BCUT2D eigenvalue weighted by molar-refractivity contribution is 0.0982. The van der Waals surface area contributed by atoms with Crippen LogP contribution in [0.3, 0.4) is 0 Å². The number of hydrogen-bond acceptors (Lipinski definition) is 3. The quantitative estimate of drug-likeness (QED) is 0.757. The second-order valence-corrected chi connectivity index (χ2v) is 4.06. The summed E-state index contributed by atoms with van der Waals surface area (Å²) in [6, 6.07) is 2.00. The Morgan fingerprint density at radius 2 is 2.20 bits per heavy atom. The molecule has 0 aromatic carbocycles. The van der Waals surface area contributed by atoms with Crippen molar-refractivity contribution in [1.82, 2.24) is 14.7 Å². The lowest BCUT2D eigenvalue weighted by atomic mass is 10.1. The van der Waals surface area contributed by atoms with Gasteiger partial charge < -0.3 is 10.6 Å². The van der Waals surface area contributed by atoms with E-state index in [9.17, 15) is 4.79 Å². The maximum Gasteiger partial charge on any atom is 0.266 e. The van der Waals surface area contributed by atoms with Crippen LogP contribution in [-0.2, 0) is 0 Å². The first-order valence-corrected chi connectivity index (χ1v) is 5.20. The second kappa shape index (κ2) is 4.02. The summed E-state index contributed by atoms with van der Waals surface area (Å²) in [5, 5.41) is 4.18. The third-order valence-electron chi connectivity index (χ3n) is 2.96. The summed E-state index contributed by atoms with van der Waals surface area (Å²) in [5.74, 6) is -0.397. The molecule has 0 spiro atoms. The van der Waals surface area contributed by atoms with Gasteiger partial charge in [-0.05, 0) is 39.0 Å². The van der Waals surface area contributed by atoms with Crippen LogP contribution in [0.1, 0.15) is 29.4 Å². The zero-order chi connectivity index (χ0) is 10.8. The van der Waals surface area contributed by atoms with Gasteiger partial charge in [0.1, 0.15) is 5.69 Å². The van der Waals surface area contributed by atoms with Crippen molar-refractivity contribution >= 4 is 5.91 Å². The van der Waals surface area contributed by atoms with E-state index in [0.717, 1.165) is 25.9 Å². The Morgan fingerprint density at radius 3 is 2.80 bits per heavy atom. The predicted octanol–water partition coefficient (Wildman–Crippen LogP) is 0.249. The first kappa shape index (κ1) is 10.2. The molecule has 5 heteroatoms. The molecule has 2 rings (SSSR count). The second-order valence-electron chi connectivity index (χ2n) is 4.06. The van der Waals surface area contributed by atoms with E-state index in [2.05, 4.69) is 17.0 Å². The summed E-state index contributed by atoms with van der Waals surface area (Å²) in [7, 11) is 2.11. The molecule has 1 aliphatic rings. The highest BCUT2D eigenvalue weighted by Gasteiger charge is 2.21. The summed E-state index contributed by atoms with van der Waals surface area (Å²) in [5.41, 5.74) is 5.80. The van der Waals surface area contributed by atoms with Gasteiger partial charge in [-0.25, -0.2) is 0 Å². The van der Waals surface area contributed by atoms with E-state index in [4.69, 9.17) is 5.73 Å². The molecule has 5 nitrogen and oxygen atoms in total. The molecule has 0 saturated carbocycles. The van der Waals surface area contributed by atoms with Crippen molar-refractivity contribution < 1.29 is 4.79 Å². The third kappa shape index (κ3) is 2.02. The number of carbonyl (C=O) groups excluding carboxylic acids is 1. The lowest BCUT2D eigenvalue weighted by Gasteiger charge is -2.29. The van der Waals surface area contributed by atoms with Crippen LogP contribution in [-0.4, -0.2) is 40.7 Å². The van der Waals surface area contributed by atoms with E-state index in [1.165, 1.54) is 0 Å². The Kier molecular flexibility index (Phi) is 2.73. The number of piperidine rings is 1. The minimum atomic E-state index is -0.397. The average molecular weight is 208 g/mol. The van der Waals surface area contributed by atoms with Gasteiger partial charge in [0.25, 0.3) is 5.91 Å². The highest BCUT2D eigenvalue weighted by Crippen LogP contribution is 2.22. The van der Waals surface area contributed by atoms with Gasteiger partial charge in [-0.15, -0.1) is 0 Å². The van der Waals surface area contributed by atoms with Gasteiger partial charge in [-0.3, -0.25) is 9.48 Å². The minimum absolute atomic E-state index is 0.318. The molecule has 1 fully saturated rings. The highest BCUT2D eigenvalue weighted by molar-refractivity contribution is 5.90. The topological polar surface area (TPSA) is 64.2 Å². The van der Waals surface area contributed by atoms with E-state index in [-0.39, 0.29) is 0 Å². The van der Waals surface area contributed by atoms with Gasteiger partial charge in [0.15, 0.2) is 0 Å². The van der Waals surface area contributed by atoms with Crippen LogP contribution in [0, 0.1) is 0 Å². The lowest BCUT2D eigenvalue weighted by Crippen LogP contribution is -2.33. The number of nitrogens with two attached hydrogens (primary N) is 1. The SMILES string of the molecule is CN1CCC(n2nccc2C(N)=O)CC1. The molecule has 0 atom stereocenters. The number of nitrogens with zero attached hydrogens (tertiary/aromatic N) is 3. The van der Waals surface area contributed by atoms with Crippen LogP contribution in [0.5, 0.6) is 0 Å². The normalized spacial score (nSPS) is 19.3. The zero-order valence-corrected chi connectivity index (χ0v) is 8.89. The first-order chi connectivity index (χ1) is 7.18. The summed E-state index contributed by atoms with van der Waals surface area (Å²) in [6.45, 7) is 2.09. The van der Waals surface area contributed by atoms with Crippen LogP contribution in [0.2, 0.25) is 0 Å². The Hall–Kier alpha value is -1.36. The number of carbonyl (C=O) groups is 1. The van der Waals surface area contributed by atoms with Crippen LogP contribution in [0.25, 0.3) is 0 Å². The molecule has 0 aliphatic carbocycles. The molecule has 1 aliphatic heterocycles. The smallest absolute Gasteiger partial charge is 0.266 e. The fourth-order valence-electron chi connectivity index (χ4n) is 2.04. The molecule has 2 heterocycles. The van der Waals surface area contributed by atoms with Gasteiger partial charge in [0.2, 0.25) is 0 Å². The molecule has 82 valence electrons. The number of primary amides is 1. The average Bonchev–Trinajstić information content (AvgIpc) is 2.67. The van der Waals surface area contributed by atoms with Gasteiger partial charge in [0, 0.05) is 6.20 Å². The Labute approximate surface area is 88.8 Å². The molecule has 0 unspecified atom stereocenters. The van der Waals surface area contributed by atoms with Gasteiger partial charge >= 0.3 is 0 Å². The molecule has 1 amide bonds. The van der Waals surface area contributed by atoms with Crippen molar-refractivity contribution in [3.63, 3.8) is 0 Å². The first-order valence-electron chi connectivity index (χ1n) is 5.20. The molecule has 0 bridgehead atoms. The van der Waals surface area contributed by atoms with Crippen molar-refractivity contribution in [3.05, 3.63) is 18.0 Å². The van der Waals surface area contributed by atoms with Gasteiger partial charge in [-0.1, -0.05) is 0 Å². The summed E-state index contributed by atoms with van der Waals surface area (Å²) < 4.78 is 1.77. The van der Waals surface area contributed by atoms with Crippen LogP contribution >= 0.6 is 0 Å². The number of hydrogen-bond donors (Lipinski definition) is 1. The van der Waals surface area contributed by atoms with Crippen LogP contribution < -0.4 is 5.73 Å². The standard InChI is InChI=1S/C10H16N4O/c1-13-6-3-8(4-7-13)14-9(10(11)15)2-5-12-14/h2,5,8H,3-4,6-7H2,1H3,(H2,11,15). The van der Waals surface area contributed by atoms with Crippen molar-refractivity contribution in [3.8, 4) is 0 Å². The Balaban J connectivity index is 2.15. The number of aromatic nitrogens is 2. The Morgan fingerprint density at radius 1 is 1.53 bits per heavy atom. The maximum atomic E-state index is 11.1. The summed E-state index contributed by atoms with van der Waals surface area (Å²) in [6.07, 6.45) is 3.69. The number of amides is 1. The fourth-order valence-corrected chi connectivity index (χ4v) is 2.04. The van der Waals surface area contributed by atoms with Crippen molar-refractivity contribution in [1.29, 1.82) is 0 Å². The van der Waals surface area contributed by atoms with E-state index in [0.29, 0.717) is 11.7 Å². The van der Waals surface area contributed by atoms with E-state index >= 15 is 0 Å². The van der Waals surface area contributed by atoms with E-state index in [1.807, 2.05) is 0 Å². The Bertz CT molecular complexity index is 352. The largest absolute Gasteiger partial charge is 0.364 e. The molecule has 1 saturated heterocycles. The molecule has 0 radical (unpaired) electrons. The molecule has 2 N–H and O–H groups in total. The van der Waals surface area contributed by atoms with E-state index in [1.54, 1.807) is 16.9 Å². The monoisotopic (exact) mass is 208 g/mol. The molecular weight excluding hydrogens is 192 g/mol. The number of likely N-dealkylation sites (tertiary alicyclic amines) is 1. The van der Waals surface area contributed by atoms with Crippen molar-refractivity contribution in [2.75, 3.05) is 20.1 Å².